The van der Waals surface area contributed by atoms with Gasteiger partial charge in [-0.25, -0.2) is 0 Å². The number of hydrogen-bond donors (Lipinski definition) is 0. The summed E-state index contributed by atoms with van der Waals surface area (Å²) in [6.07, 6.45) is 36.6. The fourth-order valence-electron chi connectivity index (χ4n) is 10.3. The van der Waals surface area contributed by atoms with E-state index in [4.69, 9.17) is 0 Å². The Bertz CT molecular complexity index is 2470. The Morgan fingerprint density at radius 1 is 0.706 bits per heavy atom. The second-order valence-corrected chi connectivity index (χ2v) is 16.7. The minimum Gasteiger partial charge on any atom is -0.341 e. The Balaban J connectivity index is 0.949. The number of thiophene rings is 1. The molecule has 2 aromatic heterocycles. The summed E-state index contributed by atoms with van der Waals surface area (Å²) in [5.74, 6) is 1.41. The van der Waals surface area contributed by atoms with E-state index in [1.54, 1.807) is 5.57 Å². The van der Waals surface area contributed by atoms with Crippen LogP contribution >= 0.6 is 11.3 Å². The molecule has 5 aliphatic carbocycles. The molecule has 0 fully saturated rings. The highest BCUT2D eigenvalue weighted by atomic mass is 32.1. The van der Waals surface area contributed by atoms with Gasteiger partial charge < -0.3 is 9.47 Å². The number of rotatable bonds is 4. The Morgan fingerprint density at radius 3 is 2.57 bits per heavy atom. The summed E-state index contributed by atoms with van der Waals surface area (Å²) in [4.78, 5) is 2.76. The zero-order valence-corrected chi connectivity index (χ0v) is 30.0. The third kappa shape index (κ3) is 4.81. The molecule has 3 heterocycles. The average Bonchev–Trinajstić information content (AvgIpc) is 3.85. The number of fused-ring (bicyclic) bond motifs is 8. The van der Waals surface area contributed by atoms with Gasteiger partial charge in [-0.2, -0.15) is 0 Å². The maximum absolute atomic E-state index is 2.76. The Kier molecular flexibility index (Phi) is 7.07. The first-order chi connectivity index (χ1) is 25.3. The van der Waals surface area contributed by atoms with Gasteiger partial charge in [0.2, 0.25) is 0 Å². The number of aromatic nitrogens is 1. The molecule has 0 N–H and O–H groups in total. The summed E-state index contributed by atoms with van der Waals surface area (Å²) in [7, 11) is 0. The molecule has 0 radical (unpaired) electrons. The maximum atomic E-state index is 2.76. The smallest absolute Gasteiger partial charge is 0.0537 e. The molecule has 0 bridgehead atoms. The van der Waals surface area contributed by atoms with Gasteiger partial charge in [0.25, 0.3) is 0 Å². The molecule has 3 aromatic carbocycles. The van der Waals surface area contributed by atoms with Crippen LogP contribution in [0.5, 0.6) is 0 Å². The van der Waals surface area contributed by atoms with Crippen LogP contribution in [-0.2, 0) is 6.42 Å². The number of anilines is 1. The fourth-order valence-corrected chi connectivity index (χ4v) is 11.4. The van der Waals surface area contributed by atoms with Crippen molar-refractivity contribution in [2.24, 2.45) is 11.8 Å². The molecule has 4 atom stereocenters. The SMILES string of the molecule is C1=Cc2c(c3cc(C4C=CC5=C(C4)N(c4ccc6sc7ccccc7c6c4)C4CCC=CC54)ccc3n2C2=CCC(C3=CCCCC3)C=C2)CC1. The monoisotopic (exact) mass is 680 g/mol. The van der Waals surface area contributed by atoms with E-state index < -0.39 is 0 Å². The predicted molar refractivity (Wildman–Crippen MR) is 218 cm³/mol. The van der Waals surface area contributed by atoms with E-state index >= 15 is 0 Å². The van der Waals surface area contributed by atoms with Crippen LogP contribution in [0.4, 0.5) is 5.69 Å². The summed E-state index contributed by atoms with van der Waals surface area (Å²) >= 11 is 1.91. The van der Waals surface area contributed by atoms with E-state index in [0.29, 0.717) is 23.8 Å². The van der Waals surface area contributed by atoms with E-state index in [1.165, 1.54) is 103 Å². The van der Waals surface area contributed by atoms with Gasteiger partial charge in [-0.15, -0.1) is 11.3 Å². The Morgan fingerprint density at radius 2 is 1.65 bits per heavy atom. The lowest BCUT2D eigenvalue weighted by Gasteiger charge is -2.34. The van der Waals surface area contributed by atoms with Crippen molar-refractivity contribution in [3.05, 3.63) is 149 Å². The number of hydrogen-bond acceptors (Lipinski definition) is 2. The highest BCUT2D eigenvalue weighted by Gasteiger charge is 2.42. The third-order valence-electron chi connectivity index (χ3n) is 12.8. The molecule has 0 amide bonds. The number of benzene rings is 3. The van der Waals surface area contributed by atoms with Crippen molar-refractivity contribution in [1.29, 1.82) is 0 Å². The molecule has 0 spiro atoms. The molecule has 1 aliphatic heterocycles. The summed E-state index contributed by atoms with van der Waals surface area (Å²) in [5, 5.41) is 4.22. The average molecular weight is 681 g/mol. The van der Waals surface area contributed by atoms with E-state index in [0.717, 1.165) is 32.1 Å². The second kappa shape index (κ2) is 12.0. The van der Waals surface area contributed by atoms with Crippen molar-refractivity contribution in [2.75, 3.05) is 4.90 Å². The third-order valence-corrected chi connectivity index (χ3v) is 14.0. The minimum atomic E-state index is 0.363. The van der Waals surface area contributed by atoms with Crippen LogP contribution < -0.4 is 4.90 Å². The summed E-state index contributed by atoms with van der Waals surface area (Å²) in [5.41, 5.74) is 13.1. The van der Waals surface area contributed by atoms with Crippen molar-refractivity contribution in [3.63, 3.8) is 0 Å². The van der Waals surface area contributed by atoms with Crippen LogP contribution in [0.25, 0.3) is 42.8 Å². The molecule has 252 valence electrons. The van der Waals surface area contributed by atoms with Crippen molar-refractivity contribution in [2.45, 2.75) is 76.2 Å². The molecule has 2 nitrogen and oxygen atoms in total. The normalized spacial score (nSPS) is 25.5. The van der Waals surface area contributed by atoms with Gasteiger partial charge in [0, 0.05) is 72.1 Å². The molecule has 11 rings (SSSR count). The zero-order chi connectivity index (χ0) is 33.5. The van der Waals surface area contributed by atoms with E-state index in [9.17, 15) is 0 Å². The van der Waals surface area contributed by atoms with Crippen molar-refractivity contribution < 1.29 is 0 Å². The first-order valence-corrected chi connectivity index (χ1v) is 20.3. The standard InChI is InChI=1S/C48H44N2S/c1-2-10-31(11-3-1)32-18-22-35(23-19-32)49-44-16-8-5-13-38(44)41-28-33(21-26-45(41)49)34-20-25-39-37-12-4-7-15-43(37)50(46(39)29-34)36-24-27-48-42(30-36)40-14-6-9-17-47(40)51-48/h4,6,8-10,12,14,16-18,20-28,30,32,34,37,43H,1-3,5,7,11,13,15,19,29H2. The van der Waals surface area contributed by atoms with Gasteiger partial charge in [-0.1, -0.05) is 78.4 Å². The van der Waals surface area contributed by atoms with Gasteiger partial charge in [-0.3, -0.25) is 0 Å². The summed E-state index contributed by atoms with van der Waals surface area (Å²) < 4.78 is 5.32. The number of nitrogens with zero attached hydrogens (tertiary/aromatic N) is 2. The van der Waals surface area contributed by atoms with Gasteiger partial charge >= 0.3 is 0 Å². The Hall–Kier alpha value is -4.60. The van der Waals surface area contributed by atoms with Crippen LogP contribution in [0.3, 0.4) is 0 Å². The molecule has 0 saturated heterocycles. The number of allylic oxidation sites excluding steroid dienone is 11. The molecular formula is C48H44N2S. The van der Waals surface area contributed by atoms with Crippen molar-refractivity contribution in [3.8, 4) is 0 Å². The largest absolute Gasteiger partial charge is 0.341 e. The highest BCUT2D eigenvalue weighted by molar-refractivity contribution is 7.25. The summed E-state index contributed by atoms with van der Waals surface area (Å²) in [6, 6.07) is 24.1. The lowest BCUT2D eigenvalue weighted by molar-refractivity contribution is 0.524. The molecule has 0 saturated carbocycles. The number of aryl methyl sites for hydroxylation is 1. The Labute approximate surface area is 305 Å². The van der Waals surface area contributed by atoms with E-state index in [-0.39, 0.29) is 0 Å². The van der Waals surface area contributed by atoms with Gasteiger partial charge in [0.15, 0.2) is 0 Å². The fraction of sp³-hybridized carbons (Fsp3) is 0.292. The summed E-state index contributed by atoms with van der Waals surface area (Å²) in [6.45, 7) is 0. The van der Waals surface area contributed by atoms with Crippen LogP contribution in [0.15, 0.2) is 132 Å². The zero-order valence-electron chi connectivity index (χ0n) is 29.2. The topological polar surface area (TPSA) is 8.17 Å². The molecule has 6 aliphatic rings. The first kappa shape index (κ1) is 30.1. The molecule has 5 aromatic rings. The molecule has 3 heteroatoms. The second-order valence-electron chi connectivity index (χ2n) is 15.6. The lowest BCUT2D eigenvalue weighted by atomic mass is 9.82. The minimum absolute atomic E-state index is 0.363. The van der Waals surface area contributed by atoms with Crippen LogP contribution in [0.2, 0.25) is 0 Å². The maximum Gasteiger partial charge on any atom is 0.0537 e. The van der Waals surface area contributed by atoms with Crippen LogP contribution in [0, 0.1) is 11.8 Å². The molecule has 4 unspecified atom stereocenters. The van der Waals surface area contributed by atoms with Gasteiger partial charge in [-0.05, 0) is 129 Å². The quantitative estimate of drug-likeness (QED) is 0.172. The lowest BCUT2D eigenvalue weighted by Crippen LogP contribution is -2.35. The van der Waals surface area contributed by atoms with Crippen LogP contribution in [0.1, 0.15) is 80.5 Å². The first-order valence-electron chi connectivity index (χ1n) is 19.5. The molecule has 51 heavy (non-hydrogen) atoms. The molecular weight excluding hydrogens is 637 g/mol. The van der Waals surface area contributed by atoms with E-state index in [1.807, 2.05) is 11.3 Å². The van der Waals surface area contributed by atoms with Crippen molar-refractivity contribution in [1.82, 2.24) is 4.57 Å². The van der Waals surface area contributed by atoms with Crippen LogP contribution in [-0.4, -0.2) is 10.6 Å². The van der Waals surface area contributed by atoms with Gasteiger partial charge in [0.05, 0.1) is 5.52 Å². The van der Waals surface area contributed by atoms with Gasteiger partial charge in [0.1, 0.15) is 0 Å². The van der Waals surface area contributed by atoms with E-state index in [2.05, 4.69) is 131 Å². The van der Waals surface area contributed by atoms with Crippen molar-refractivity contribution >= 4 is 59.9 Å². The predicted octanol–water partition coefficient (Wildman–Crippen LogP) is 13.0. The highest BCUT2D eigenvalue weighted by Crippen LogP contribution is 2.50.